The Morgan fingerprint density at radius 1 is 1.21 bits per heavy atom. The highest BCUT2D eigenvalue weighted by atomic mass is 16.6. The second kappa shape index (κ2) is 9.09. The third kappa shape index (κ3) is 4.52. The van der Waals surface area contributed by atoms with Gasteiger partial charge < -0.3 is 14.6 Å². The number of carbonyl (C=O) groups is 1. The largest absolute Gasteiger partial charge is 0.449 e. The van der Waals surface area contributed by atoms with Crippen LogP contribution in [0, 0.1) is 11.3 Å². The Bertz CT molecular complexity index is 1000. The summed E-state index contributed by atoms with van der Waals surface area (Å²) >= 11 is 0. The van der Waals surface area contributed by atoms with E-state index in [2.05, 4.69) is 36.2 Å². The zero-order valence-corrected chi connectivity index (χ0v) is 16.4. The van der Waals surface area contributed by atoms with Crippen molar-refractivity contribution in [2.24, 2.45) is 0 Å². The molecule has 0 fully saturated rings. The molecule has 0 saturated heterocycles. The summed E-state index contributed by atoms with van der Waals surface area (Å²) in [5.41, 5.74) is 4.99. The van der Waals surface area contributed by atoms with Crippen LogP contribution in [-0.2, 0) is 17.7 Å². The first kappa shape index (κ1) is 19.5. The Morgan fingerprint density at radius 2 is 2.00 bits per heavy atom. The van der Waals surface area contributed by atoms with E-state index in [1.165, 1.54) is 0 Å². The quantitative estimate of drug-likeness (QED) is 0.591. The van der Waals surface area contributed by atoms with Gasteiger partial charge in [0.1, 0.15) is 6.07 Å². The molecule has 0 bridgehead atoms. The molecule has 1 aromatic heterocycles. The van der Waals surface area contributed by atoms with Crippen LogP contribution in [0.4, 0.5) is 4.79 Å². The second-order valence-corrected chi connectivity index (χ2v) is 6.96. The molecule has 2 aromatic carbocycles. The number of nitrogens with zero attached hydrogens (tertiary/aromatic N) is 2. The van der Waals surface area contributed by atoms with Crippen LogP contribution in [0.1, 0.15) is 42.0 Å². The molecule has 0 aliphatic carbocycles. The van der Waals surface area contributed by atoms with Gasteiger partial charge in [-0.15, -0.1) is 0 Å². The number of ether oxygens (including phenoxy) is 1. The Balaban J connectivity index is 1.75. The summed E-state index contributed by atoms with van der Waals surface area (Å²) in [6.45, 7) is 3.02. The van der Waals surface area contributed by atoms with Gasteiger partial charge in [0.25, 0.3) is 0 Å². The fourth-order valence-corrected chi connectivity index (χ4v) is 3.21. The Hall–Kier alpha value is -3.26. The molecule has 5 heteroatoms. The third-order valence-electron chi connectivity index (χ3n) is 4.82. The molecular formula is C23H25N3O2. The molecule has 0 atom stereocenters. The number of benzene rings is 2. The zero-order chi connectivity index (χ0) is 19.9. The van der Waals surface area contributed by atoms with Crippen molar-refractivity contribution in [3.63, 3.8) is 0 Å². The number of fused-ring (bicyclic) bond motifs is 1. The van der Waals surface area contributed by atoms with Crippen LogP contribution in [0.3, 0.4) is 0 Å². The van der Waals surface area contributed by atoms with Gasteiger partial charge in [-0.05, 0) is 41.7 Å². The van der Waals surface area contributed by atoms with Crippen molar-refractivity contribution in [3.05, 3.63) is 70.9 Å². The maximum atomic E-state index is 12.1. The van der Waals surface area contributed by atoms with E-state index < -0.39 is 0 Å². The number of hydrogen-bond acceptors (Lipinski definition) is 3. The smallest absolute Gasteiger partial charge is 0.409 e. The van der Waals surface area contributed by atoms with Gasteiger partial charge >= 0.3 is 6.09 Å². The molecule has 0 spiro atoms. The lowest BCUT2D eigenvalue weighted by Crippen LogP contribution is -2.27. The van der Waals surface area contributed by atoms with Crippen LogP contribution >= 0.6 is 0 Å². The van der Waals surface area contributed by atoms with Gasteiger partial charge in [-0.2, -0.15) is 5.26 Å². The minimum atomic E-state index is -0.296. The van der Waals surface area contributed by atoms with E-state index in [1.54, 1.807) is 18.1 Å². The van der Waals surface area contributed by atoms with Gasteiger partial charge in [-0.1, -0.05) is 43.7 Å². The highest BCUT2D eigenvalue weighted by Gasteiger charge is 2.13. The molecule has 0 aliphatic rings. The number of carbonyl (C=O) groups excluding carboxylic acids is 1. The molecule has 0 unspecified atom stereocenters. The molecule has 3 aromatic rings. The number of nitrogens with one attached hydrogen (secondary N) is 1. The molecule has 1 N–H and O–H groups in total. The summed E-state index contributed by atoms with van der Waals surface area (Å²) in [4.78, 5) is 16.9. The molecule has 0 radical (unpaired) electrons. The molecular weight excluding hydrogens is 350 g/mol. The SMILES string of the molecule is CCCCOC(=O)N(C)Cc1ccccc1Cc1ccc2[nH]cc(C#N)c2c1. The average Bonchev–Trinajstić information content (AvgIpc) is 3.12. The van der Waals surface area contributed by atoms with Crippen molar-refractivity contribution in [2.45, 2.75) is 32.7 Å². The van der Waals surface area contributed by atoms with E-state index in [0.29, 0.717) is 18.7 Å². The Kier molecular flexibility index (Phi) is 6.33. The van der Waals surface area contributed by atoms with Crippen LogP contribution in [-0.4, -0.2) is 29.6 Å². The van der Waals surface area contributed by atoms with Crippen LogP contribution in [0.15, 0.2) is 48.7 Å². The first-order valence-electron chi connectivity index (χ1n) is 9.57. The van der Waals surface area contributed by atoms with Crippen LogP contribution < -0.4 is 0 Å². The Labute approximate surface area is 165 Å². The van der Waals surface area contributed by atoms with E-state index in [-0.39, 0.29) is 6.09 Å². The molecule has 5 nitrogen and oxygen atoms in total. The molecule has 0 saturated carbocycles. The van der Waals surface area contributed by atoms with Crippen molar-refractivity contribution in [3.8, 4) is 6.07 Å². The number of aromatic nitrogens is 1. The predicted molar refractivity (Wildman–Crippen MR) is 110 cm³/mol. The summed E-state index contributed by atoms with van der Waals surface area (Å²) in [7, 11) is 1.76. The normalized spacial score (nSPS) is 10.6. The maximum absolute atomic E-state index is 12.1. The van der Waals surface area contributed by atoms with Crippen molar-refractivity contribution in [1.29, 1.82) is 5.26 Å². The summed E-state index contributed by atoms with van der Waals surface area (Å²) in [6.07, 6.45) is 4.06. The maximum Gasteiger partial charge on any atom is 0.409 e. The summed E-state index contributed by atoms with van der Waals surface area (Å²) in [5.74, 6) is 0. The lowest BCUT2D eigenvalue weighted by atomic mass is 9.98. The van der Waals surface area contributed by atoms with Crippen LogP contribution in [0.5, 0.6) is 0 Å². The topological polar surface area (TPSA) is 69.1 Å². The minimum absolute atomic E-state index is 0.296. The fraction of sp³-hybridized carbons (Fsp3) is 0.304. The van der Waals surface area contributed by atoms with Gasteiger partial charge in [0, 0.05) is 30.7 Å². The summed E-state index contributed by atoms with van der Waals surface area (Å²) in [6, 6.07) is 16.5. The van der Waals surface area contributed by atoms with Crippen molar-refractivity contribution in [2.75, 3.05) is 13.7 Å². The van der Waals surface area contributed by atoms with Crippen LogP contribution in [0.2, 0.25) is 0 Å². The second-order valence-electron chi connectivity index (χ2n) is 6.96. The monoisotopic (exact) mass is 375 g/mol. The van der Waals surface area contributed by atoms with E-state index in [0.717, 1.165) is 46.9 Å². The number of hydrogen-bond donors (Lipinski definition) is 1. The summed E-state index contributed by atoms with van der Waals surface area (Å²) in [5, 5.41) is 10.2. The number of nitriles is 1. The van der Waals surface area contributed by atoms with Crippen molar-refractivity contribution in [1.82, 2.24) is 9.88 Å². The van der Waals surface area contributed by atoms with Gasteiger partial charge in [0.2, 0.25) is 0 Å². The average molecular weight is 375 g/mol. The first-order valence-corrected chi connectivity index (χ1v) is 9.57. The van der Waals surface area contributed by atoms with Crippen molar-refractivity contribution >= 4 is 17.0 Å². The molecule has 0 aliphatic heterocycles. The number of H-pyrrole nitrogens is 1. The van der Waals surface area contributed by atoms with Gasteiger partial charge in [-0.3, -0.25) is 0 Å². The van der Waals surface area contributed by atoms with E-state index in [9.17, 15) is 10.1 Å². The third-order valence-corrected chi connectivity index (χ3v) is 4.82. The standard InChI is InChI=1S/C23H25N3O2/c1-3-4-11-28-23(27)26(2)16-19-8-6-5-7-18(19)12-17-9-10-22-21(13-17)20(14-24)15-25-22/h5-10,13,15,25H,3-4,11-12,16H2,1-2H3. The van der Waals surface area contributed by atoms with E-state index in [4.69, 9.17) is 4.74 Å². The predicted octanol–water partition coefficient (Wildman–Crippen LogP) is 5.00. The molecule has 28 heavy (non-hydrogen) atoms. The number of unbranched alkanes of at least 4 members (excludes halogenated alkanes) is 1. The minimum Gasteiger partial charge on any atom is -0.449 e. The number of amides is 1. The molecule has 144 valence electrons. The highest BCUT2D eigenvalue weighted by molar-refractivity contribution is 5.86. The first-order chi connectivity index (χ1) is 13.6. The van der Waals surface area contributed by atoms with Gasteiger partial charge in [0.05, 0.1) is 12.2 Å². The van der Waals surface area contributed by atoms with Gasteiger partial charge in [0.15, 0.2) is 0 Å². The fourth-order valence-electron chi connectivity index (χ4n) is 3.21. The molecule has 1 heterocycles. The molecule has 1 amide bonds. The number of aromatic amines is 1. The van der Waals surface area contributed by atoms with Crippen LogP contribution in [0.25, 0.3) is 10.9 Å². The van der Waals surface area contributed by atoms with E-state index in [1.807, 2.05) is 24.3 Å². The summed E-state index contributed by atoms with van der Waals surface area (Å²) < 4.78 is 5.29. The highest BCUT2D eigenvalue weighted by Crippen LogP contribution is 2.22. The zero-order valence-electron chi connectivity index (χ0n) is 16.4. The molecule has 3 rings (SSSR count). The van der Waals surface area contributed by atoms with Crippen molar-refractivity contribution < 1.29 is 9.53 Å². The lowest BCUT2D eigenvalue weighted by molar-refractivity contribution is 0.107. The Morgan fingerprint density at radius 3 is 2.75 bits per heavy atom. The van der Waals surface area contributed by atoms with Gasteiger partial charge in [-0.25, -0.2) is 4.79 Å². The van der Waals surface area contributed by atoms with E-state index >= 15 is 0 Å². The lowest BCUT2D eigenvalue weighted by Gasteiger charge is -2.19. The number of rotatable bonds is 7.